The Bertz CT molecular complexity index is 1550. The van der Waals surface area contributed by atoms with E-state index in [-0.39, 0.29) is 11.8 Å². The van der Waals surface area contributed by atoms with E-state index in [0.717, 1.165) is 55.0 Å². The Balaban J connectivity index is 1.18. The van der Waals surface area contributed by atoms with Crippen LogP contribution >= 0.6 is 11.3 Å². The summed E-state index contributed by atoms with van der Waals surface area (Å²) in [7, 11) is 0. The third-order valence-electron chi connectivity index (χ3n) is 7.20. The number of rotatable bonds is 6. The van der Waals surface area contributed by atoms with Gasteiger partial charge in [0.2, 0.25) is 0 Å². The zero-order valence-electron chi connectivity index (χ0n) is 22.0. The fourth-order valence-electron chi connectivity index (χ4n) is 5.14. The minimum absolute atomic E-state index is 0.181. The number of thiazole rings is 1. The lowest BCUT2D eigenvalue weighted by atomic mass is 10.0. The van der Waals surface area contributed by atoms with Gasteiger partial charge in [-0.15, -0.1) is 11.3 Å². The van der Waals surface area contributed by atoms with Crippen molar-refractivity contribution in [1.29, 1.82) is 0 Å². The Morgan fingerprint density at radius 1 is 1.00 bits per heavy atom. The standard InChI is InChI=1S/C32H29N5O2S/c38-30(35-32-34-16-19-40-32)29(26-4-2-1-3-5-26)37-22-27-13-12-24(20-28(27)31(37)39)9-6-23-7-10-25(11-8-23)21-36-17-14-33-15-18-36/h1-5,7-8,10-13,16,19-20,29,33H,14-15,17-18,21-22H2,(H,34,35,38). The molecule has 6 rings (SSSR count). The summed E-state index contributed by atoms with van der Waals surface area (Å²) in [6.07, 6.45) is 1.64. The molecular formula is C32H29N5O2S. The number of carbonyl (C=O) groups excluding carboxylic acids is 2. The fraction of sp³-hybridized carbons (Fsp3) is 0.219. The number of nitrogens with zero attached hydrogens (tertiary/aromatic N) is 3. The lowest BCUT2D eigenvalue weighted by Gasteiger charge is -2.27. The monoisotopic (exact) mass is 547 g/mol. The van der Waals surface area contributed by atoms with E-state index in [2.05, 4.69) is 56.6 Å². The summed E-state index contributed by atoms with van der Waals surface area (Å²) in [5.74, 6) is 5.98. The van der Waals surface area contributed by atoms with Crippen LogP contribution in [0, 0.1) is 11.8 Å². The van der Waals surface area contributed by atoms with Crippen LogP contribution in [-0.4, -0.2) is 52.8 Å². The highest BCUT2D eigenvalue weighted by molar-refractivity contribution is 7.13. The maximum atomic E-state index is 13.6. The van der Waals surface area contributed by atoms with Gasteiger partial charge >= 0.3 is 0 Å². The molecule has 1 aromatic heterocycles. The molecule has 3 aromatic carbocycles. The molecule has 0 radical (unpaired) electrons. The molecule has 40 heavy (non-hydrogen) atoms. The molecule has 0 bridgehead atoms. The van der Waals surface area contributed by atoms with E-state index in [4.69, 9.17) is 0 Å². The lowest BCUT2D eigenvalue weighted by molar-refractivity contribution is -0.120. The van der Waals surface area contributed by atoms with Gasteiger partial charge in [-0.05, 0) is 41.0 Å². The zero-order chi connectivity index (χ0) is 27.3. The number of carbonyl (C=O) groups is 2. The molecule has 0 saturated carbocycles. The summed E-state index contributed by atoms with van der Waals surface area (Å²) in [5.41, 5.74) is 5.19. The van der Waals surface area contributed by atoms with Crippen LogP contribution in [0.15, 0.2) is 84.4 Å². The number of anilines is 1. The average Bonchev–Trinajstić information content (AvgIpc) is 3.62. The van der Waals surface area contributed by atoms with Crippen LogP contribution in [-0.2, 0) is 17.9 Å². The summed E-state index contributed by atoms with van der Waals surface area (Å²) < 4.78 is 0. The first-order valence-electron chi connectivity index (χ1n) is 13.4. The largest absolute Gasteiger partial charge is 0.318 e. The van der Waals surface area contributed by atoms with Crippen molar-refractivity contribution in [2.45, 2.75) is 19.1 Å². The van der Waals surface area contributed by atoms with E-state index in [0.29, 0.717) is 17.2 Å². The Morgan fingerprint density at radius 3 is 2.50 bits per heavy atom. The molecule has 1 saturated heterocycles. The van der Waals surface area contributed by atoms with Crippen LogP contribution in [0.3, 0.4) is 0 Å². The first-order chi connectivity index (χ1) is 19.6. The first kappa shape index (κ1) is 26.0. The molecule has 7 nitrogen and oxygen atoms in total. The molecule has 2 aliphatic rings. The number of piperazine rings is 1. The lowest BCUT2D eigenvalue weighted by Crippen LogP contribution is -2.42. The van der Waals surface area contributed by atoms with Gasteiger partial charge in [-0.3, -0.25) is 19.8 Å². The highest BCUT2D eigenvalue weighted by Crippen LogP contribution is 2.33. The van der Waals surface area contributed by atoms with Crippen molar-refractivity contribution in [2.75, 3.05) is 31.5 Å². The third kappa shape index (κ3) is 5.82. The van der Waals surface area contributed by atoms with Crippen LogP contribution in [0.1, 0.15) is 44.2 Å². The highest BCUT2D eigenvalue weighted by atomic mass is 32.1. The first-order valence-corrected chi connectivity index (χ1v) is 14.3. The maximum Gasteiger partial charge on any atom is 0.255 e. The Labute approximate surface area is 237 Å². The number of nitrogens with one attached hydrogen (secondary N) is 2. The number of amides is 2. The molecule has 2 aliphatic heterocycles. The van der Waals surface area contributed by atoms with Crippen LogP contribution in [0.2, 0.25) is 0 Å². The van der Waals surface area contributed by atoms with Gasteiger partial charge in [0, 0.05) is 67.5 Å². The van der Waals surface area contributed by atoms with Gasteiger partial charge < -0.3 is 10.2 Å². The van der Waals surface area contributed by atoms with Crippen molar-refractivity contribution >= 4 is 28.3 Å². The summed E-state index contributed by atoms with van der Waals surface area (Å²) in [5, 5.41) is 8.56. The second kappa shape index (κ2) is 11.8. The van der Waals surface area contributed by atoms with E-state index < -0.39 is 6.04 Å². The number of hydrogen-bond donors (Lipinski definition) is 2. The number of benzene rings is 3. The van der Waals surface area contributed by atoms with Gasteiger partial charge in [-0.2, -0.15) is 0 Å². The van der Waals surface area contributed by atoms with E-state index >= 15 is 0 Å². The average molecular weight is 548 g/mol. The number of hydrogen-bond acceptors (Lipinski definition) is 6. The van der Waals surface area contributed by atoms with Crippen LogP contribution < -0.4 is 10.6 Å². The topological polar surface area (TPSA) is 77.6 Å². The van der Waals surface area contributed by atoms with Crippen LogP contribution in [0.25, 0.3) is 0 Å². The van der Waals surface area contributed by atoms with Gasteiger partial charge in [-0.1, -0.05) is 60.4 Å². The molecule has 1 atom stereocenters. The van der Waals surface area contributed by atoms with E-state index in [9.17, 15) is 9.59 Å². The molecule has 8 heteroatoms. The van der Waals surface area contributed by atoms with Gasteiger partial charge in [0.15, 0.2) is 5.13 Å². The minimum Gasteiger partial charge on any atom is -0.318 e. The van der Waals surface area contributed by atoms with Crippen molar-refractivity contribution in [3.8, 4) is 11.8 Å². The minimum atomic E-state index is -0.778. The predicted octanol–water partition coefficient (Wildman–Crippen LogP) is 4.28. The number of fused-ring (bicyclic) bond motifs is 1. The summed E-state index contributed by atoms with van der Waals surface area (Å²) in [6, 6.07) is 22.7. The van der Waals surface area contributed by atoms with Crippen molar-refractivity contribution in [3.05, 3.63) is 118 Å². The normalized spacial score (nSPS) is 15.7. The maximum absolute atomic E-state index is 13.6. The van der Waals surface area contributed by atoms with Crippen molar-refractivity contribution in [1.82, 2.24) is 20.1 Å². The smallest absolute Gasteiger partial charge is 0.255 e. The summed E-state index contributed by atoms with van der Waals surface area (Å²) in [6.45, 7) is 5.51. The van der Waals surface area contributed by atoms with Crippen molar-refractivity contribution in [2.24, 2.45) is 0 Å². The second-order valence-electron chi connectivity index (χ2n) is 9.92. The predicted molar refractivity (Wildman–Crippen MR) is 157 cm³/mol. The van der Waals surface area contributed by atoms with Gasteiger partial charge in [0.25, 0.3) is 11.8 Å². The molecule has 2 amide bonds. The molecule has 200 valence electrons. The van der Waals surface area contributed by atoms with Crippen molar-refractivity contribution < 1.29 is 9.59 Å². The zero-order valence-corrected chi connectivity index (χ0v) is 22.8. The number of aromatic nitrogens is 1. The Morgan fingerprint density at radius 2 is 1.75 bits per heavy atom. The van der Waals surface area contributed by atoms with E-state index in [1.54, 1.807) is 16.5 Å². The molecule has 1 unspecified atom stereocenters. The van der Waals surface area contributed by atoms with E-state index in [1.807, 2.05) is 48.5 Å². The molecule has 0 spiro atoms. The van der Waals surface area contributed by atoms with Gasteiger partial charge in [-0.25, -0.2) is 4.98 Å². The molecular weight excluding hydrogens is 518 g/mol. The Kier molecular flexibility index (Phi) is 7.69. The summed E-state index contributed by atoms with van der Waals surface area (Å²) in [4.78, 5) is 35.3. The molecule has 2 N–H and O–H groups in total. The fourth-order valence-corrected chi connectivity index (χ4v) is 5.67. The molecule has 0 aliphatic carbocycles. The molecule has 1 fully saturated rings. The Hall–Kier alpha value is -4.29. The van der Waals surface area contributed by atoms with Crippen molar-refractivity contribution in [3.63, 3.8) is 0 Å². The highest BCUT2D eigenvalue weighted by Gasteiger charge is 2.37. The molecule has 3 heterocycles. The van der Waals surface area contributed by atoms with Crippen LogP contribution in [0.5, 0.6) is 0 Å². The third-order valence-corrected chi connectivity index (χ3v) is 7.89. The second-order valence-corrected chi connectivity index (χ2v) is 10.8. The van der Waals surface area contributed by atoms with Crippen LogP contribution in [0.4, 0.5) is 5.13 Å². The van der Waals surface area contributed by atoms with Gasteiger partial charge in [0.1, 0.15) is 6.04 Å². The van der Waals surface area contributed by atoms with Gasteiger partial charge in [0.05, 0.1) is 0 Å². The molecule has 4 aromatic rings. The summed E-state index contributed by atoms with van der Waals surface area (Å²) >= 11 is 1.34. The SMILES string of the molecule is O=C(Nc1nccs1)C(c1ccccc1)N1Cc2ccc(C#Cc3ccc(CN4CCNCC4)cc3)cc2C1=O. The quantitative estimate of drug-likeness (QED) is 0.353. The van der Waals surface area contributed by atoms with E-state index in [1.165, 1.54) is 16.9 Å².